The minimum absolute atomic E-state index is 0.0180. The lowest BCUT2D eigenvalue weighted by Gasteiger charge is -2.27. The second-order valence-electron chi connectivity index (χ2n) is 6.96. The monoisotopic (exact) mass is 332 g/mol. The average Bonchev–Trinajstić information content (AvgIpc) is 3.40. The molecule has 1 aromatic carbocycles. The number of amides is 2. The van der Waals surface area contributed by atoms with Gasteiger partial charge in [-0.25, -0.2) is 4.39 Å². The van der Waals surface area contributed by atoms with Gasteiger partial charge in [0, 0.05) is 24.4 Å². The summed E-state index contributed by atoms with van der Waals surface area (Å²) in [6.45, 7) is 0.446. The lowest BCUT2D eigenvalue weighted by atomic mass is 9.81. The summed E-state index contributed by atoms with van der Waals surface area (Å²) in [5.74, 6) is 0.0147. The van der Waals surface area contributed by atoms with E-state index in [9.17, 15) is 14.0 Å². The molecule has 2 saturated carbocycles. The van der Waals surface area contributed by atoms with E-state index in [2.05, 4.69) is 10.6 Å². The maximum atomic E-state index is 13.5. The Morgan fingerprint density at radius 3 is 2.21 bits per heavy atom. The Balaban J connectivity index is 1.37. The van der Waals surface area contributed by atoms with Gasteiger partial charge in [0.25, 0.3) is 0 Å². The zero-order valence-electron chi connectivity index (χ0n) is 13.9. The van der Waals surface area contributed by atoms with Crippen molar-refractivity contribution in [1.82, 2.24) is 10.6 Å². The van der Waals surface area contributed by atoms with Crippen LogP contribution >= 0.6 is 0 Å². The molecule has 0 saturated heterocycles. The number of benzene rings is 1. The van der Waals surface area contributed by atoms with Crippen molar-refractivity contribution in [1.29, 1.82) is 0 Å². The van der Waals surface area contributed by atoms with Crippen LogP contribution in [0, 0.1) is 17.7 Å². The van der Waals surface area contributed by atoms with E-state index in [-0.39, 0.29) is 29.5 Å². The Morgan fingerprint density at radius 1 is 0.958 bits per heavy atom. The minimum atomic E-state index is -0.228. The maximum Gasteiger partial charge on any atom is 0.223 e. The van der Waals surface area contributed by atoms with Crippen molar-refractivity contribution in [2.75, 3.05) is 6.54 Å². The highest BCUT2D eigenvalue weighted by Gasteiger charge is 2.32. The molecule has 0 unspecified atom stereocenters. The number of nitrogens with one attached hydrogen (secondary N) is 2. The molecule has 0 radical (unpaired) electrons. The number of carbonyl (C=O) groups is 2. The lowest BCUT2D eigenvalue weighted by molar-refractivity contribution is -0.130. The normalized spacial score (nSPS) is 23.5. The van der Waals surface area contributed by atoms with E-state index >= 15 is 0 Å². The molecule has 2 aliphatic rings. The summed E-state index contributed by atoms with van der Waals surface area (Å²) in [6.07, 6.45) is 5.78. The highest BCUT2D eigenvalue weighted by molar-refractivity contribution is 5.81. The van der Waals surface area contributed by atoms with Crippen molar-refractivity contribution in [3.8, 4) is 0 Å². The first-order valence-corrected chi connectivity index (χ1v) is 8.95. The first-order valence-electron chi connectivity index (χ1n) is 8.95. The summed E-state index contributed by atoms with van der Waals surface area (Å²) < 4.78 is 13.5. The highest BCUT2D eigenvalue weighted by Crippen LogP contribution is 2.30. The predicted molar refractivity (Wildman–Crippen MR) is 89.7 cm³/mol. The van der Waals surface area contributed by atoms with Gasteiger partial charge in [-0.15, -0.1) is 0 Å². The molecule has 0 aliphatic heterocycles. The summed E-state index contributed by atoms with van der Waals surface area (Å²) in [7, 11) is 0. The summed E-state index contributed by atoms with van der Waals surface area (Å²) in [5, 5.41) is 5.96. The van der Waals surface area contributed by atoms with Gasteiger partial charge in [0.1, 0.15) is 5.82 Å². The molecule has 4 nitrogen and oxygen atoms in total. The van der Waals surface area contributed by atoms with E-state index < -0.39 is 0 Å². The largest absolute Gasteiger partial charge is 0.356 e. The number of hydrogen-bond donors (Lipinski definition) is 2. The smallest absolute Gasteiger partial charge is 0.223 e. The first kappa shape index (κ1) is 16.9. The molecule has 1 aromatic rings. The third kappa shape index (κ3) is 4.56. The second kappa shape index (κ2) is 7.77. The molecule has 0 spiro atoms. The summed E-state index contributed by atoms with van der Waals surface area (Å²) >= 11 is 0. The van der Waals surface area contributed by atoms with Crippen LogP contribution in [0.3, 0.4) is 0 Å². The van der Waals surface area contributed by atoms with E-state index in [4.69, 9.17) is 0 Å². The quantitative estimate of drug-likeness (QED) is 0.841. The number of halogens is 1. The van der Waals surface area contributed by atoms with Crippen molar-refractivity contribution < 1.29 is 14.0 Å². The van der Waals surface area contributed by atoms with E-state index in [1.165, 1.54) is 6.07 Å². The lowest BCUT2D eigenvalue weighted by Crippen LogP contribution is -2.38. The van der Waals surface area contributed by atoms with Gasteiger partial charge in [-0.1, -0.05) is 18.2 Å². The van der Waals surface area contributed by atoms with E-state index in [0.717, 1.165) is 38.5 Å². The van der Waals surface area contributed by atoms with E-state index in [1.807, 2.05) is 0 Å². The van der Waals surface area contributed by atoms with Crippen LogP contribution in [-0.4, -0.2) is 24.4 Å². The van der Waals surface area contributed by atoms with Crippen LogP contribution in [0.2, 0.25) is 0 Å². The Morgan fingerprint density at radius 2 is 1.58 bits per heavy atom. The fraction of sp³-hybridized carbons (Fsp3) is 0.579. The van der Waals surface area contributed by atoms with Gasteiger partial charge >= 0.3 is 0 Å². The van der Waals surface area contributed by atoms with Crippen LogP contribution in [0.5, 0.6) is 0 Å². The van der Waals surface area contributed by atoms with Crippen LogP contribution in [0.1, 0.15) is 44.1 Å². The maximum absolute atomic E-state index is 13.5. The van der Waals surface area contributed by atoms with Crippen molar-refractivity contribution in [2.45, 2.75) is 51.0 Å². The SMILES string of the molecule is O=C(NCCc1ccccc1F)C1CCC(C(=O)NC2CC2)CC1. The van der Waals surface area contributed by atoms with E-state index in [1.54, 1.807) is 18.2 Å². The van der Waals surface area contributed by atoms with Crippen LogP contribution in [-0.2, 0) is 16.0 Å². The molecule has 24 heavy (non-hydrogen) atoms. The number of rotatable bonds is 6. The van der Waals surface area contributed by atoms with Crippen LogP contribution in [0.4, 0.5) is 4.39 Å². The third-order valence-corrected chi connectivity index (χ3v) is 5.04. The highest BCUT2D eigenvalue weighted by atomic mass is 19.1. The topological polar surface area (TPSA) is 58.2 Å². The van der Waals surface area contributed by atoms with Crippen molar-refractivity contribution in [3.63, 3.8) is 0 Å². The minimum Gasteiger partial charge on any atom is -0.356 e. The summed E-state index contributed by atoms with van der Waals surface area (Å²) in [5.41, 5.74) is 0.623. The Labute approximate surface area is 142 Å². The van der Waals surface area contributed by atoms with Crippen molar-refractivity contribution >= 4 is 11.8 Å². The first-order chi connectivity index (χ1) is 11.6. The molecule has 2 N–H and O–H groups in total. The molecule has 5 heteroatoms. The van der Waals surface area contributed by atoms with Gasteiger partial charge in [0.05, 0.1) is 0 Å². The fourth-order valence-electron chi connectivity index (χ4n) is 3.33. The summed E-state index contributed by atoms with van der Waals surface area (Å²) in [4.78, 5) is 24.3. The van der Waals surface area contributed by atoms with Crippen LogP contribution in [0.15, 0.2) is 24.3 Å². The van der Waals surface area contributed by atoms with Gasteiger partial charge in [0.15, 0.2) is 0 Å². The van der Waals surface area contributed by atoms with Crippen LogP contribution in [0.25, 0.3) is 0 Å². The Kier molecular flexibility index (Phi) is 5.48. The standard InChI is InChI=1S/C19H25FN2O2/c20-17-4-2-1-3-13(17)11-12-21-18(23)14-5-7-15(8-6-14)19(24)22-16-9-10-16/h1-4,14-16H,5-12H2,(H,21,23)(H,22,24). The predicted octanol–water partition coefficient (Wildman–Crippen LogP) is 2.57. The Hall–Kier alpha value is -1.91. The molecule has 0 aromatic heterocycles. The number of hydrogen-bond acceptors (Lipinski definition) is 2. The molecular weight excluding hydrogens is 307 g/mol. The molecule has 0 heterocycles. The van der Waals surface area contributed by atoms with Gasteiger partial charge in [-0.05, 0) is 56.6 Å². The van der Waals surface area contributed by atoms with Crippen molar-refractivity contribution in [3.05, 3.63) is 35.6 Å². The van der Waals surface area contributed by atoms with Gasteiger partial charge < -0.3 is 10.6 Å². The van der Waals surface area contributed by atoms with Gasteiger partial charge in [0.2, 0.25) is 11.8 Å². The molecule has 2 fully saturated rings. The Bertz CT molecular complexity index is 593. The molecule has 2 amide bonds. The molecule has 2 aliphatic carbocycles. The molecule has 130 valence electrons. The third-order valence-electron chi connectivity index (χ3n) is 5.04. The number of carbonyl (C=O) groups excluding carboxylic acids is 2. The molecular formula is C19H25FN2O2. The molecule has 0 atom stereocenters. The average molecular weight is 332 g/mol. The molecule has 3 rings (SSSR count). The summed E-state index contributed by atoms with van der Waals surface area (Å²) in [6, 6.07) is 7.04. The fourth-order valence-corrected chi connectivity index (χ4v) is 3.33. The molecule has 0 bridgehead atoms. The van der Waals surface area contributed by atoms with E-state index in [0.29, 0.717) is 24.6 Å². The zero-order chi connectivity index (χ0) is 16.9. The second-order valence-corrected chi connectivity index (χ2v) is 6.96. The van der Waals surface area contributed by atoms with Gasteiger partial charge in [-0.3, -0.25) is 9.59 Å². The van der Waals surface area contributed by atoms with Gasteiger partial charge in [-0.2, -0.15) is 0 Å². The van der Waals surface area contributed by atoms with Crippen molar-refractivity contribution in [2.24, 2.45) is 11.8 Å². The van der Waals surface area contributed by atoms with Crippen LogP contribution < -0.4 is 10.6 Å². The zero-order valence-corrected chi connectivity index (χ0v) is 13.9.